The number of sulfonamides is 1. The summed E-state index contributed by atoms with van der Waals surface area (Å²) in [5.74, 6) is -0.912. The molecule has 36 heavy (non-hydrogen) atoms. The van der Waals surface area contributed by atoms with Gasteiger partial charge < -0.3 is 10.2 Å². The van der Waals surface area contributed by atoms with E-state index in [4.69, 9.17) is 0 Å². The number of piperazine rings is 1. The summed E-state index contributed by atoms with van der Waals surface area (Å²) in [7, 11) is -3.39. The van der Waals surface area contributed by atoms with E-state index in [0.29, 0.717) is 50.1 Å². The Balaban J connectivity index is 1.13. The van der Waals surface area contributed by atoms with Crippen LogP contribution in [0.15, 0.2) is 48.5 Å². The highest BCUT2D eigenvalue weighted by molar-refractivity contribution is 7.89. The molecule has 0 unspecified atom stereocenters. The summed E-state index contributed by atoms with van der Waals surface area (Å²) in [5.41, 5.74) is 3.07. The molecule has 1 fully saturated rings. The van der Waals surface area contributed by atoms with Crippen LogP contribution in [0.4, 0.5) is 5.69 Å². The Kier molecular flexibility index (Phi) is 8.05. The van der Waals surface area contributed by atoms with Crippen molar-refractivity contribution in [3.05, 3.63) is 65.2 Å². The fourth-order valence-electron chi connectivity index (χ4n) is 4.59. The molecule has 2 heterocycles. The summed E-state index contributed by atoms with van der Waals surface area (Å²) >= 11 is 0. The Hall–Kier alpha value is -3.24. The number of anilines is 1. The Morgan fingerprint density at radius 3 is 2.22 bits per heavy atom. The van der Waals surface area contributed by atoms with Crippen LogP contribution in [0.1, 0.15) is 45.5 Å². The number of nitrogens with zero attached hydrogens (tertiary/aromatic N) is 3. The zero-order valence-corrected chi connectivity index (χ0v) is 21.3. The highest BCUT2D eigenvalue weighted by Crippen LogP contribution is 2.23. The van der Waals surface area contributed by atoms with Gasteiger partial charge in [-0.2, -0.15) is 4.31 Å². The number of carbonyl (C=O) groups is 3. The van der Waals surface area contributed by atoms with Gasteiger partial charge >= 0.3 is 0 Å². The Labute approximate surface area is 212 Å². The molecule has 1 saturated heterocycles. The van der Waals surface area contributed by atoms with Crippen LogP contribution in [-0.2, 0) is 14.8 Å². The minimum absolute atomic E-state index is 0.0211. The third-order valence-corrected chi connectivity index (χ3v) is 8.52. The lowest BCUT2D eigenvalue weighted by atomic mass is 10.1. The first-order valence-corrected chi connectivity index (χ1v) is 13.9. The number of amides is 3. The number of aryl methyl sites for hydroxylation is 1. The van der Waals surface area contributed by atoms with Crippen molar-refractivity contribution in [2.45, 2.75) is 26.2 Å². The van der Waals surface area contributed by atoms with E-state index in [9.17, 15) is 22.8 Å². The Bertz CT molecular complexity index is 1200. The van der Waals surface area contributed by atoms with Gasteiger partial charge in [-0.1, -0.05) is 24.3 Å². The quantitative estimate of drug-likeness (QED) is 0.386. The number of carbonyl (C=O) groups excluding carboxylic acids is 3. The molecule has 0 saturated carbocycles. The largest absolute Gasteiger partial charge is 0.369 e. The van der Waals surface area contributed by atoms with Crippen molar-refractivity contribution < 1.29 is 22.8 Å². The smallest absolute Gasteiger partial charge is 0.261 e. The van der Waals surface area contributed by atoms with Crippen molar-refractivity contribution in [1.82, 2.24) is 14.5 Å². The Morgan fingerprint density at radius 1 is 0.917 bits per heavy atom. The van der Waals surface area contributed by atoms with Crippen molar-refractivity contribution in [2.75, 3.05) is 49.9 Å². The predicted molar refractivity (Wildman–Crippen MR) is 137 cm³/mol. The maximum Gasteiger partial charge on any atom is 0.261 e. The van der Waals surface area contributed by atoms with Crippen LogP contribution in [0, 0.1) is 6.92 Å². The number of hydrogen-bond donors (Lipinski definition) is 1. The molecular weight excluding hydrogens is 480 g/mol. The van der Waals surface area contributed by atoms with Crippen molar-refractivity contribution >= 4 is 33.4 Å². The van der Waals surface area contributed by atoms with Gasteiger partial charge in [0.15, 0.2) is 0 Å². The topological polar surface area (TPSA) is 107 Å². The third-order valence-electron chi connectivity index (χ3n) is 6.56. The highest BCUT2D eigenvalue weighted by Gasteiger charge is 2.34. The maximum absolute atomic E-state index is 12.7. The monoisotopic (exact) mass is 512 g/mol. The first-order valence-electron chi connectivity index (χ1n) is 12.3. The zero-order valence-electron chi connectivity index (χ0n) is 20.5. The summed E-state index contributed by atoms with van der Waals surface area (Å²) in [5, 5.41) is 2.74. The van der Waals surface area contributed by atoms with Crippen LogP contribution in [0.25, 0.3) is 0 Å². The second-order valence-corrected chi connectivity index (χ2v) is 11.2. The molecule has 10 heteroatoms. The highest BCUT2D eigenvalue weighted by atomic mass is 32.2. The lowest BCUT2D eigenvalue weighted by Gasteiger charge is -2.35. The van der Waals surface area contributed by atoms with Gasteiger partial charge in [0, 0.05) is 51.4 Å². The Morgan fingerprint density at radius 2 is 1.58 bits per heavy atom. The van der Waals surface area contributed by atoms with E-state index in [0.717, 1.165) is 5.69 Å². The second-order valence-electron chi connectivity index (χ2n) is 9.16. The van der Waals surface area contributed by atoms with Gasteiger partial charge in [-0.05, 0) is 49.6 Å². The van der Waals surface area contributed by atoms with Crippen molar-refractivity contribution in [1.29, 1.82) is 0 Å². The SMILES string of the molecule is Cc1cccc(N2CCN(S(=O)(=O)CCCNC(=O)CCCN3C(=O)c4ccccc4C3=O)CC2)c1. The van der Waals surface area contributed by atoms with Crippen molar-refractivity contribution in [3.8, 4) is 0 Å². The number of imide groups is 1. The molecule has 192 valence electrons. The number of hydrogen-bond acceptors (Lipinski definition) is 6. The summed E-state index contributed by atoms with van der Waals surface area (Å²) in [4.78, 5) is 40.2. The summed E-state index contributed by atoms with van der Waals surface area (Å²) in [6.45, 7) is 4.65. The fraction of sp³-hybridized carbons (Fsp3) is 0.423. The van der Waals surface area contributed by atoms with Crippen LogP contribution < -0.4 is 10.2 Å². The summed E-state index contributed by atoms with van der Waals surface area (Å²) in [6, 6.07) is 14.9. The van der Waals surface area contributed by atoms with Gasteiger partial charge in [0.05, 0.1) is 16.9 Å². The molecule has 9 nitrogen and oxygen atoms in total. The van der Waals surface area contributed by atoms with E-state index in [1.807, 2.05) is 25.1 Å². The lowest BCUT2D eigenvalue weighted by molar-refractivity contribution is -0.121. The molecule has 2 aliphatic rings. The second kappa shape index (κ2) is 11.2. The summed E-state index contributed by atoms with van der Waals surface area (Å²) < 4.78 is 27.0. The first kappa shape index (κ1) is 25.8. The molecule has 0 aromatic heterocycles. The molecule has 2 aromatic carbocycles. The van der Waals surface area contributed by atoms with Crippen molar-refractivity contribution in [2.24, 2.45) is 0 Å². The van der Waals surface area contributed by atoms with E-state index < -0.39 is 10.0 Å². The van der Waals surface area contributed by atoms with Gasteiger partial charge in [-0.3, -0.25) is 19.3 Å². The predicted octanol–water partition coefficient (Wildman–Crippen LogP) is 2.03. The van der Waals surface area contributed by atoms with E-state index in [2.05, 4.69) is 16.3 Å². The van der Waals surface area contributed by atoms with Crippen LogP contribution in [0.5, 0.6) is 0 Å². The van der Waals surface area contributed by atoms with Gasteiger partial charge in [0.1, 0.15) is 0 Å². The van der Waals surface area contributed by atoms with Gasteiger partial charge in [-0.15, -0.1) is 0 Å². The molecule has 0 atom stereocenters. The van der Waals surface area contributed by atoms with Crippen LogP contribution in [-0.4, -0.2) is 80.4 Å². The van der Waals surface area contributed by atoms with E-state index >= 15 is 0 Å². The molecule has 0 bridgehead atoms. The molecule has 1 N–H and O–H groups in total. The zero-order chi connectivity index (χ0) is 25.7. The normalized spacial score (nSPS) is 16.4. The van der Waals surface area contributed by atoms with Crippen LogP contribution >= 0.6 is 0 Å². The van der Waals surface area contributed by atoms with E-state index in [1.54, 1.807) is 24.3 Å². The van der Waals surface area contributed by atoms with Gasteiger partial charge in [0.2, 0.25) is 15.9 Å². The van der Waals surface area contributed by atoms with E-state index in [1.165, 1.54) is 14.8 Å². The average Bonchev–Trinajstić information content (AvgIpc) is 3.12. The van der Waals surface area contributed by atoms with Crippen LogP contribution in [0.2, 0.25) is 0 Å². The van der Waals surface area contributed by atoms with E-state index in [-0.39, 0.29) is 43.0 Å². The molecule has 0 radical (unpaired) electrons. The third kappa shape index (κ3) is 5.93. The summed E-state index contributed by atoms with van der Waals surface area (Å²) in [6.07, 6.45) is 0.826. The lowest BCUT2D eigenvalue weighted by Crippen LogP contribution is -2.49. The minimum Gasteiger partial charge on any atom is -0.369 e. The molecule has 2 aromatic rings. The average molecular weight is 513 g/mol. The van der Waals surface area contributed by atoms with Gasteiger partial charge in [0.25, 0.3) is 11.8 Å². The first-order chi connectivity index (χ1) is 17.3. The molecule has 0 aliphatic carbocycles. The number of benzene rings is 2. The molecule has 0 spiro atoms. The molecule has 2 aliphatic heterocycles. The number of nitrogens with one attached hydrogen (secondary N) is 1. The molecule has 3 amide bonds. The number of rotatable bonds is 10. The fourth-order valence-corrected chi connectivity index (χ4v) is 6.08. The van der Waals surface area contributed by atoms with Gasteiger partial charge in [-0.25, -0.2) is 8.42 Å². The molecule has 4 rings (SSSR count). The maximum atomic E-state index is 12.7. The van der Waals surface area contributed by atoms with Crippen molar-refractivity contribution in [3.63, 3.8) is 0 Å². The number of fused-ring (bicyclic) bond motifs is 1. The van der Waals surface area contributed by atoms with Crippen LogP contribution in [0.3, 0.4) is 0 Å². The standard InChI is InChI=1S/C26H32N4O5S/c1-20-7-4-8-21(19-20)28-14-16-29(17-15-28)36(34,35)18-6-12-27-24(31)11-5-13-30-25(32)22-9-2-3-10-23(22)26(30)33/h2-4,7-10,19H,5-6,11-18H2,1H3,(H,27,31). The molecular formula is C26H32N4O5S. The minimum atomic E-state index is -3.39.